The van der Waals surface area contributed by atoms with E-state index in [1.807, 2.05) is 55.5 Å². The Morgan fingerprint density at radius 1 is 1.03 bits per heavy atom. The molecule has 8 heteroatoms. The van der Waals surface area contributed by atoms with Crippen LogP contribution in [0.2, 0.25) is 0 Å². The Kier molecular flexibility index (Phi) is 5.75. The third kappa shape index (κ3) is 4.19. The second-order valence-corrected chi connectivity index (χ2v) is 9.07. The number of anilines is 1. The van der Waals surface area contributed by atoms with E-state index in [1.54, 1.807) is 0 Å². The summed E-state index contributed by atoms with van der Waals surface area (Å²) in [5.74, 6) is 2.75. The van der Waals surface area contributed by atoms with Gasteiger partial charge in [-0.05, 0) is 69.3 Å². The van der Waals surface area contributed by atoms with E-state index < -0.39 is 0 Å². The third-order valence-corrected chi connectivity index (χ3v) is 6.80. The summed E-state index contributed by atoms with van der Waals surface area (Å²) in [6.45, 7) is 6.54. The van der Waals surface area contributed by atoms with Gasteiger partial charge >= 0.3 is 0 Å². The number of nitrogens with two attached hydrogens (primary N) is 1. The average molecular weight is 472 g/mol. The van der Waals surface area contributed by atoms with Gasteiger partial charge < -0.3 is 24.5 Å². The normalized spacial score (nSPS) is 17.7. The average Bonchev–Trinajstić information content (AvgIpc) is 3.59. The maximum atomic E-state index is 6.27. The molecule has 180 valence electrons. The molecule has 2 aliphatic heterocycles. The zero-order chi connectivity index (χ0) is 23.8. The Hall–Kier alpha value is -3.62. The van der Waals surface area contributed by atoms with Crippen molar-refractivity contribution in [3.63, 3.8) is 0 Å². The van der Waals surface area contributed by atoms with Gasteiger partial charge in [0.15, 0.2) is 5.82 Å². The molecular weight excluding hydrogens is 442 g/mol. The highest BCUT2D eigenvalue weighted by atomic mass is 16.5. The molecule has 4 heterocycles. The molecule has 1 saturated heterocycles. The number of rotatable bonds is 7. The summed E-state index contributed by atoms with van der Waals surface area (Å²) < 4.78 is 20.1. The monoisotopic (exact) mass is 471 g/mol. The standard InChI is InChI=1S/C27H29N5O3/c1-18-24-23(16-34-18)32(26-25(24)29-17-30-27(26)28)19-7-9-20(10-8-19)35-22-6-4-5-21(15-22)33-14-13-31-11-2-3-12-31/h4-10,15,17-18H,2-3,11-14,16H2,1H3,(H2,28,29,30). The minimum Gasteiger partial charge on any atom is -0.492 e. The van der Waals surface area contributed by atoms with Crippen LogP contribution in [0.15, 0.2) is 54.9 Å². The van der Waals surface area contributed by atoms with Crippen LogP contribution in [0.4, 0.5) is 5.82 Å². The molecule has 4 aromatic rings. The van der Waals surface area contributed by atoms with E-state index in [-0.39, 0.29) is 6.10 Å². The second-order valence-electron chi connectivity index (χ2n) is 9.07. The van der Waals surface area contributed by atoms with Gasteiger partial charge in [0.05, 0.1) is 18.4 Å². The van der Waals surface area contributed by atoms with Crippen LogP contribution in [0.3, 0.4) is 0 Å². The predicted octanol–water partition coefficient (Wildman–Crippen LogP) is 4.86. The number of hydrogen-bond donors (Lipinski definition) is 1. The Morgan fingerprint density at radius 3 is 2.66 bits per heavy atom. The van der Waals surface area contributed by atoms with Crippen LogP contribution in [-0.2, 0) is 11.3 Å². The Balaban J connectivity index is 1.20. The molecule has 2 aliphatic rings. The van der Waals surface area contributed by atoms with Gasteiger partial charge in [0.2, 0.25) is 0 Å². The van der Waals surface area contributed by atoms with Crippen LogP contribution in [0.5, 0.6) is 17.2 Å². The number of nitrogen functional groups attached to an aromatic ring is 1. The van der Waals surface area contributed by atoms with Gasteiger partial charge in [0, 0.05) is 23.9 Å². The topological polar surface area (TPSA) is 87.7 Å². The number of ether oxygens (including phenoxy) is 3. The fourth-order valence-corrected chi connectivity index (χ4v) is 5.07. The molecule has 0 aliphatic carbocycles. The molecule has 8 nitrogen and oxygen atoms in total. The molecule has 0 bridgehead atoms. The van der Waals surface area contributed by atoms with Crippen LogP contribution in [0.1, 0.15) is 37.1 Å². The zero-order valence-corrected chi connectivity index (χ0v) is 19.8. The SMILES string of the molecule is CC1OCc2c1c1ncnc(N)c1n2-c1ccc(Oc2cccc(OCCN3CCCC3)c2)cc1. The van der Waals surface area contributed by atoms with Crippen molar-refractivity contribution in [1.29, 1.82) is 0 Å². The molecule has 0 spiro atoms. The minimum atomic E-state index is -0.0319. The maximum absolute atomic E-state index is 6.27. The van der Waals surface area contributed by atoms with E-state index in [1.165, 1.54) is 32.3 Å². The first kappa shape index (κ1) is 21.9. The first-order chi connectivity index (χ1) is 17.2. The van der Waals surface area contributed by atoms with Crippen molar-refractivity contribution in [2.45, 2.75) is 32.5 Å². The van der Waals surface area contributed by atoms with Crippen LogP contribution in [0.25, 0.3) is 16.7 Å². The van der Waals surface area contributed by atoms with E-state index in [9.17, 15) is 0 Å². The summed E-state index contributed by atoms with van der Waals surface area (Å²) >= 11 is 0. The number of benzene rings is 2. The van der Waals surface area contributed by atoms with Gasteiger partial charge in [-0.1, -0.05) is 6.07 Å². The summed E-state index contributed by atoms with van der Waals surface area (Å²) in [5.41, 5.74) is 11.0. The first-order valence-corrected chi connectivity index (χ1v) is 12.2. The number of hydrogen-bond acceptors (Lipinski definition) is 7. The molecule has 1 unspecified atom stereocenters. The molecule has 2 N–H and O–H groups in total. The lowest BCUT2D eigenvalue weighted by Gasteiger charge is -2.15. The zero-order valence-electron chi connectivity index (χ0n) is 19.8. The lowest BCUT2D eigenvalue weighted by atomic mass is 10.1. The van der Waals surface area contributed by atoms with Crippen molar-refractivity contribution < 1.29 is 14.2 Å². The van der Waals surface area contributed by atoms with Gasteiger partial charge in [-0.15, -0.1) is 0 Å². The van der Waals surface area contributed by atoms with Crippen molar-refractivity contribution in [3.05, 3.63) is 66.1 Å². The molecule has 1 atom stereocenters. The predicted molar refractivity (Wildman–Crippen MR) is 134 cm³/mol. The number of nitrogens with zero attached hydrogens (tertiary/aromatic N) is 4. The van der Waals surface area contributed by atoms with Crippen LogP contribution in [0, 0.1) is 0 Å². The maximum Gasteiger partial charge on any atom is 0.151 e. The van der Waals surface area contributed by atoms with Gasteiger partial charge in [-0.3, -0.25) is 4.90 Å². The molecular formula is C27H29N5O3. The summed E-state index contributed by atoms with van der Waals surface area (Å²) in [5, 5.41) is 0. The summed E-state index contributed by atoms with van der Waals surface area (Å²) in [6, 6.07) is 15.7. The highest BCUT2D eigenvalue weighted by molar-refractivity contribution is 5.91. The molecule has 1 fully saturated rings. The highest BCUT2D eigenvalue weighted by Gasteiger charge is 2.30. The van der Waals surface area contributed by atoms with Crippen molar-refractivity contribution in [2.75, 3.05) is 32.0 Å². The fourth-order valence-electron chi connectivity index (χ4n) is 5.07. The summed E-state index contributed by atoms with van der Waals surface area (Å²) in [7, 11) is 0. The quantitative estimate of drug-likeness (QED) is 0.412. The fraction of sp³-hybridized carbons (Fsp3) is 0.333. The third-order valence-electron chi connectivity index (χ3n) is 6.80. The van der Waals surface area contributed by atoms with Crippen LogP contribution in [-0.4, -0.2) is 45.7 Å². The summed E-state index contributed by atoms with van der Waals surface area (Å²) in [4.78, 5) is 11.2. The first-order valence-electron chi connectivity index (χ1n) is 12.2. The molecule has 0 saturated carbocycles. The van der Waals surface area contributed by atoms with E-state index >= 15 is 0 Å². The van der Waals surface area contributed by atoms with Gasteiger partial charge in [-0.2, -0.15) is 0 Å². The van der Waals surface area contributed by atoms with Crippen molar-refractivity contribution in [2.24, 2.45) is 0 Å². The van der Waals surface area contributed by atoms with Crippen molar-refractivity contribution in [3.8, 4) is 22.9 Å². The number of fused-ring (bicyclic) bond motifs is 3. The Bertz CT molecular complexity index is 1350. The number of likely N-dealkylation sites (tertiary alicyclic amines) is 1. The molecule has 2 aromatic carbocycles. The Morgan fingerprint density at radius 2 is 1.83 bits per heavy atom. The molecule has 0 amide bonds. The molecule has 35 heavy (non-hydrogen) atoms. The van der Waals surface area contributed by atoms with Crippen LogP contribution >= 0.6 is 0 Å². The van der Waals surface area contributed by atoms with E-state index in [0.717, 1.165) is 51.8 Å². The molecule has 0 radical (unpaired) electrons. The lowest BCUT2D eigenvalue weighted by molar-refractivity contribution is 0.0783. The van der Waals surface area contributed by atoms with Crippen molar-refractivity contribution in [1.82, 2.24) is 19.4 Å². The molecule has 2 aromatic heterocycles. The van der Waals surface area contributed by atoms with Crippen molar-refractivity contribution >= 4 is 16.9 Å². The van der Waals surface area contributed by atoms with E-state index in [0.29, 0.717) is 19.0 Å². The second kappa shape index (κ2) is 9.20. The van der Waals surface area contributed by atoms with E-state index in [2.05, 4.69) is 19.4 Å². The largest absolute Gasteiger partial charge is 0.492 e. The lowest BCUT2D eigenvalue weighted by Crippen LogP contribution is -2.25. The smallest absolute Gasteiger partial charge is 0.151 e. The minimum absolute atomic E-state index is 0.0319. The molecule has 6 rings (SSSR count). The van der Waals surface area contributed by atoms with E-state index in [4.69, 9.17) is 19.9 Å². The van der Waals surface area contributed by atoms with Crippen LogP contribution < -0.4 is 15.2 Å². The number of aromatic nitrogens is 3. The highest BCUT2D eigenvalue weighted by Crippen LogP contribution is 2.41. The summed E-state index contributed by atoms with van der Waals surface area (Å²) in [6.07, 6.45) is 4.06. The Labute approximate surface area is 204 Å². The van der Waals surface area contributed by atoms with Gasteiger partial charge in [-0.25, -0.2) is 9.97 Å². The van der Waals surface area contributed by atoms with Gasteiger partial charge in [0.1, 0.15) is 41.2 Å². The van der Waals surface area contributed by atoms with Gasteiger partial charge in [0.25, 0.3) is 0 Å².